The summed E-state index contributed by atoms with van der Waals surface area (Å²) >= 11 is 0. The number of anilines is 1. The topological polar surface area (TPSA) is 97.3 Å². The molecule has 20 heavy (non-hydrogen) atoms. The molecular weight excluding hydrogens is 258 g/mol. The van der Waals surface area contributed by atoms with E-state index in [2.05, 4.69) is 20.2 Å². The van der Waals surface area contributed by atoms with E-state index in [-0.39, 0.29) is 5.69 Å². The summed E-state index contributed by atoms with van der Waals surface area (Å²) in [5, 5.41) is 3.30. The van der Waals surface area contributed by atoms with E-state index >= 15 is 0 Å². The summed E-state index contributed by atoms with van der Waals surface area (Å²) in [6, 6.07) is 3.80. The van der Waals surface area contributed by atoms with Crippen molar-refractivity contribution in [3.63, 3.8) is 0 Å². The molecule has 0 atom stereocenters. The Hall–Kier alpha value is -2.41. The molecule has 3 N–H and O–H groups in total. The Labute approximate surface area is 115 Å². The molecule has 7 nitrogen and oxygen atoms in total. The van der Waals surface area contributed by atoms with Gasteiger partial charge in [0, 0.05) is 32.4 Å². The van der Waals surface area contributed by atoms with Gasteiger partial charge in [0.05, 0.1) is 5.56 Å². The van der Waals surface area contributed by atoms with Crippen LogP contribution in [0.2, 0.25) is 0 Å². The quantitative estimate of drug-likeness (QED) is 0.831. The highest BCUT2D eigenvalue weighted by Crippen LogP contribution is 2.20. The van der Waals surface area contributed by atoms with Crippen molar-refractivity contribution in [3.8, 4) is 11.5 Å². The molecule has 104 valence electrons. The first-order chi connectivity index (χ1) is 9.74. The van der Waals surface area contributed by atoms with Crippen molar-refractivity contribution in [2.24, 2.45) is 5.73 Å². The Morgan fingerprint density at radius 1 is 1.35 bits per heavy atom. The number of hydrogen-bond acceptors (Lipinski definition) is 6. The van der Waals surface area contributed by atoms with E-state index in [9.17, 15) is 4.79 Å². The molecule has 0 radical (unpaired) electrons. The van der Waals surface area contributed by atoms with Gasteiger partial charge in [-0.2, -0.15) is 0 Å². The van der Waals surface area contributed by atoms with Crippen molar-refractivity contribution in [1.29, 1.82) is 0 Å². The van der Waals surface area contributed by atoms with Crippen LogP contribution in [0.4, 0.5) is 5.82 Å². The Morgan fingerprint density at radius 2 is 2.15 bits per heavy atom. The predicted molar refractivity (Wildman–Crippen MR) is 73.3 cm³/mol. The monoisotopic (exact) mass is 273 g/mol. The SMILES string of the molecule is NC(=O)c1coc(-c2ccc(N3CCNCC3)nc2)n1. The van der Waals surface area contributed by atoms with Crippen molar-refractivity contribution in [3.05, 3.63) is 30.3 Å². The number of aromatic nitrogens is 2. The fourth-order valence-electron chi connectivity index (χ4n) is 2.11. The smallest absolute Gasteiger partial charge is 0.270 e. The molecule has 2 aromatic rings. The third-order valence-electron chi connectivity index (χ3n) is 3.19. The van der Waals surface area contributed by atoms with Crippen molar-refractivity contribution in [1.82, 2.24) is 15.3 Å². The van der Waals surface area contributed by atoms with Crippen LogP contribution in [0.15, 0.2) is 29.0 Å². The van der Waals surface area contributed by atoms with E-state index < -0.39 is 5.91 Å². The zero-order chi connectivity index (χ0) is 13.9. The maximum absolute atomic E-state index is 11.0. The minimum Gasteiger partial charge on any atom is -0.444 e. The van der Waals surface area contributed by atoms with E-state index in [0.29, 0.717) is 5.89 Å². The summed E-state index contributed by atoms with van der Waals surface area (Å²) in [4.78, 5) is 21.6. The van der Waals surface area contributed by atoms with Crippen LogP contribution in [-0.4, -0.2) is 42.1 Å². The molecule has 3 heterocycles. The molecule has 1 saturated heterocycles. The summed E-state index contributed by atoms with van der Waals surface area (Å²) < 4.78 is 5.22. The summed E-state index contributed by atoms with van der Waals surface area (Å²) in [6.07, 6.45) is 2.94. The van der Waals surface area contributed by atoms with Gasteiger partial charge in [-0.15, -0.1) is 0 Å². The molecule has 0 saturated carbocycles. The van der Waals surface area contributed by atoms with Gasteiger partial charge in [-0.05, 0) is 12.1 Å². The minimum atomic E-state index is -0.606. The number of oxazole rings is 1. The molecule has 7 heteroatoms. The molecule has 1 aliphatic rings. The maximum Gasteiger partial charge on any atom is 0.270 e. The van der Waals surface area contributed by atoms with Crippen LogP contribution in [0.3, 0.4) is 0 Å². The van der Waals surface area contributed by atoms with Crippen LogP contribution < -0.4 is 16.0 Å². The highest BCUT2D eigenvalue weighted by atomic mass is 16.3. The van der Waals surface area contributed by atoms with E-state index in [1.807, 2.05) is 12.1 Å². The van der Waals surface area contributed by atoms with Crippen molar-refractivity contribution in [2.75, 3.05) is 31.1 Å². The van der Waals surface area contributed by atoms with Crippen molar-refractivity contribution >= 4 is 11.7 Å². The molecule has 0 unspecified atom stereocenters. The molecule has 2 aromatic heterocycles. The van der Waals surface area contributed by atoms with Crippen LogP contribution in [0.1, 0.15) is 10.5 Å². The highest BCUT2D eigenvalue weighted by Gasteiger charge is 2.14. The van der Waals surface area contributed by atoms with Crippen LogP contribution in [0, 0.1) is 0 Å². The van der Waals surface area contributed by atoms with Crippen LogP contribution in [-0.2, 0) is 0 Å². The second-order valence-electron chi connectivity index (χ2n) is 4.54. The van der Waals surface area contributed by atoms with Gasteiger partial charge in [0.2, 0.25) is 5.89 Å². The molecule has 0 aliphatic carbocycles. The Balaban J connectivity index is 1.79. The summed E-state index contributed by atoms with van der Waals surface area (Å²) in [5.41, 5.74) is 5.97. The highest BCUT2D eigenvalue weighted by molar-refractivity contribution is 5.90. The van der Waals surface area contributed by atoms with Gasteiger partial charge in [-0.1, -0.05) is 0 Å². The number of nitrogens with one attached hydrogen (secondary N) is 1. The molecule has 0 spiro atoms. The number of rotatable bonds is 3. The first kappa shape index (κ1) is 12.6. The van der Waals surface area contributed by atoms with Gasteiger partial charge in [-0.3, -0.25) is 4.79 Å². The van der Waals surface area contributed by atoms with Crippen LogP contribution >= 0.6 is 0 Å². The minimum absolute atomic E-state index is 0.117. The van der Waals surface area contributed by atoms with Crippen molar-refractivity contribution < 1.29 is 9.21 Å². The number of pyridine rings is 1. The molecule has 1 amide bonds. The lowest BCUT2D eigenvalue weighted by Gasteiger charge is -2.28. The summed E-state index contributed by atoms with van der Waals surface area (Å²) in [5.74, 6) is 0.667. The summed E-state index contributed by atoms with van der Waals surface area (Å²) in [6.45, 7) is 3.81. The number of primary amides is 1. The van der Waals surface area contributed by atoms with Gasteiger partial charge in [0.15, 0.2) is 5.69 Å². The zero-order valence-corrected chi connectivity index (χ0v) is 10.9. The van der Waals surface area contributed by atoms with Gasteiger partial charge in [0.1, 0.15) is 12.1 Å². The molecule has 3 rings (SSSR count). The molecule has 1 aliphatic heterocycles. The predicted octanol–water partition coefficient (Wildman–Crippen LogP) is 0.245. The number of carbonyl (C=O) groups is 1. The number of nitrogens with two attached hydrogens (primary N) is 1. The number of nitrogens with zero attached hydrogens (tertiary/aromatic N) is 3. The molecule has 0 bridgehead atoms. The van der Waals surface area contributed by atoms with Crippen LogP contribution in [0.25, 0.3) is 11.5 Å². The average molecular weight is 273 g/mol. The maximum atomic E-state index is 11.0. The fraction of sp³-hybridized carbons (Fsp3) is 0.308. The molecule has 0 aromatic carbocycles. The van der Waals surface area contributed by atoms with Crippen LogP contribution in [0.5, 0.6) is 0 Å². The lowest BCUT2D eigenvalue weighted by atomic mass is 10.2. The largest absolute Gasteiger partial charge is 0.444 e. The Kier molecular flexibility index (Phi) is 3.34. The molecule has 1 fully saturated rings. The average Bonchev–Trinajstić information content (AvgIpc) is 2.98. The van der Waals surface area contributed by atoms with E-state index in [0.717, 1.165) is 37.6 Å². The normalized spacial score (nSPS) is 15.3. The van der Waals surface area contributed by atoms with E-state index in [1.54, 1.807) is 6.20 Å². The van der Waals surface area contributed by atoms with Gasteiger partial charge < -0.3 is 20.4 Å². The number of amides is 1. The summed E-state index contributed by atoms with van der Waals surface area (Å²) in [7, 11) is 0. The Morgan fingerprint density at radius 3 is 2.75 bits per heavy atom. The van der Waals surface area contributed by atoms with Crippen molar-refractivity contribution in [2.45, 2.75) is 0 Å². The van der Waals surface area contributed by atoms with E-state index in [4.69, 9.17) is 10.2 Å². The number of carbonyl (C=O) groups excluding carboxylic acids is 1. The van der Waals surface area contributed by atoms with Gasteiger partial charge in [-0.25, -0.2) is 9.97 Å². The second kappa shape index (κ2) is 5.30. The standard InChI is InChI=1S/C13H15N5O2/c14-12(19)10-8-20-13(17-10)9-1-2-11(16-7-9)18-5-3-15-4-6-18/h1-2,7-8,15H,3-6H2,(H2,14,19). The fourth-order valence-corrected chi connectivity index (χ4v) is 2.11. The Bertz CT molecular complexity index is 601. The lowest BCUT2D eigenvalue weighted by Crippen LogP contribution is -2.43. The lowest BCUT2D eigenvalue weighted by molar-refractivity contribution is 0.0995. The third kappa shape index (κ3) is 2.48. The van der Waals surface area contributed by atoms with Gasteiger partial charge in [0.25, 0.3) is 5.91 Å². The number of hydrogen-bond donors (Lipinski definition) is 2. The van der Waals surface area contributed by atoms with E-state index in [1.165, 1.54) is 6.26 Å². The second-order valence-corrected chi connectivity index (χ2v) is 4.54. The first-order valence-corrected chi connectivity index (χ1v) is 6.41. The zero-order valence-electron chi connectivity index (χ0n) is 10.9. The third-order valence-corrected chi connectivity index (χ3v) is 3.19. The first-order valence-electron chi connectivity index (χ1n) is 6.41. The van der Waals surface area contributed by atoms with Gasteiger partial charge >= 0.3 is 0 Å². The molecular formula is C13H15N5O2. The number of piperazine rings is 1.